The first kappa shape index (κ1) is 11.2. The number of ether oxygens (including phenoxy) is 1. The van der Waals surface area contributed by atoms with Crippen molar-refractivity contribution >= 4 is 6.03 Å². The third kappa shape index (κ3) is 4.96. The van der Waals surface area contributed by atoms with Gasteiger partial charge in [-0.3, -0.25) is 0 Å². The second kappa shape index (κ2) is 5.83. The number of rotatable bonds is 4. The summed E-state index contributed by atoms with van der Waals surface area (Å²) in [7, 11) is 3.42. The molecule has 4 heteroatoms. The van der Waals surface area contributed by atoms with Crippen LogP contribution >= 0.6 is 0 Å². The molecule has 0 rings (SSSR count). The highest BCUT2D eigenvalue weighted by atomic mass is 16.5. The molecule has 0 spiro atoms. The van der Waals surface area contributed by atoms with E-state index < -0.39 is 0 Å². The van der Waals surface area contributed by atoms with Gasteiger partial charge >= 0.3 is 6.03 Å². The summed E-state index contributed by atoms with van der Waals surface area (Å²) in [6, 6.07) is -0.0819. The molecule has 1 unspecified atom stereocenters. The molecule has 0 aliphatic rings. The Kier molecular flexibility index (Phi) is 5.45. The summed E-state index contributed by atoms with van der Waals surface area (Å²) in [5.41, 5.74) is 0. The molecule has 0 bridgehead atoms. The standard InChI is InChI=1S/C8H18N2O2/c1-5-12-7(2)6-9-8(11)10(3)4/h7H,5-6H2,1-4H3,(H,9,11). The van der Waals surface area contributed by atoms with Gasteiger partial charge in [-0.2, -0.15) is 0 Å². The summed E-state index contributed by atoms with van der Waals surface area (Å²) in [5.74, 6) is 0. The number of nitrogens with zero attached hydrogens (tertiary/aromatic N) is 1. The molecule has 2 amide bonds. The van der Waals surface area contributed by atoms with Crippen LogP contribution < -0.4 is 5.32 Å². The van der Waals surface area contributed by atoms with Crippen LogP contribution in [0.15, 0.2) is 0 Å². The number of hydrogen-bond acceptors (Lipinski definition) is 2. The third-order valence-corrected chi connectivity index (χ3v) is 1.40. The molecule has 0 aromatic rings. The van der Waals surface area contributed by atoms with E-state index in [1.165, 1.54) is 4.90 Å². The first-order valence-electron chi connectivity index (χ1n) is 4.14. The lowest BCUT2D eigenvalue weighted by molar-refractivity contribution is 0.0767. The smallest absolute Gasteiger partial charge is 0.316 e. The maximum absolute atomic E-state index is 11.0. The SMILES string of the molecule is CCOC(C)CNC(=O)N(C)C. The number of nitrogens with one attached hydrogen (secondary N) is 1. The van der Waals surface area contributed by atoms with Gasteiger partial charge in [-0.05, 0) is 13.8 Å². The zero-order valence-corrected chi connectivity index (χ0v) is 8.26. The molecule has 0 aliphatic heterocycles. The summed E-state index contributed by atoms with van der Waals surface area (Å²) < 4.78 is 5.24. The summed E-state index contributed by atoms with van der Waals surface area (Å²) in [6.45, 7) is 5.10. The third-order valence-electron chi connectivity index (χ3n) is 1.40. The molecular weight excluding hydrogens is 156 g/mol. The maximum Gasteiger partial charge on any atom is 0.316 e. The van der Waals surface area contributed by atoms with Gasteiger partial charge in [0.2, 0.25) is 0 Å². The van der Waals surface area contributed by atoms with Gasteiger partial charge in [-0.25, -0.2) is 4.79 Å². The quantitative estimate of drug-likeness (QED) is 0.681. The predicted molar refractivity (Wildman–Crippen MR) is 48.2 cm³/mol. The fourth-order valence-electron chi connectivity index (χ4n) is 0.733. The van der Waals surface area contributed by atoms with E-state index in [1.54, 1.807) is 14.1 Å². The Bertz CT molecular complexity index is 137. The molecule has 0 radical (unpaired) electrons. The van der Waals surface area contributed by atoms with Crippen LogP contribution in [0.3, 0.4) is 0 Å². The Balaban J connectivity index is 3.47. The van der Waals surface area contributed by atoms with Crippen LogP contribution in [0, 0.1) is 0 Å². The Hall–Kier alpha value is -0.770. The summed E-state index contributed by atoms with van der Waals surface area (Å²) in [6.07, 6.45) is 0.0823. The van der Waals surface area contributed by atoms with Gasteiger partial charge in [0.05, 0.1) is 6.10 Å². The van der Waals surface area contributed by atoms with Crippen LogP contribution in [0.4, 0.5) is 4.79 Å². The summed E-state index contributed by atoms with van der Waals surface area (Å²) in [4.78, 5) is 12.5. The molecule has 72 valence electrons. The van der Waals surface area contributed by atoms with Crippen LogP contribution in [0.5, 0.6) is 0 Å². The predicted octanol–water partition coefficient (Wildman–Crippen LogP) is 0.683. The Morgan fingerprint density at radius 2 is 2.17 bits per heavy atom. The molecule has 1 atom stereocenters. The molecule has 12 heavy (non-hydrogen) atoms. The molecule has 0 aromatic heterocycles. The van der Waals surface area contributed by atoms with Gasteiger partial charge in [-0.15, -0.1) is 0 Å². The monoisotopic (exact) mass is 174 g/mol. The average Bonchev–Trinajstić information content (AvgIpc) is 2.00. The van der Waals surface area contributed by atoms with E-state index >= 15 is 0 Å². The molecule has 0 saturated carbocycles. The van der Waals surface area contributed by atoms with E-state index in [4.69, 9.17) is 4.74 Å². The summed E-state index contributed by atoms with van der Waals surface area (Å²) in [5, 5.41) is 2.73. The van der Waals surface area contributed by atoms with Crippen LogP contribution in [0.1, 0.15) is 13.8 Å². The van der Waals surface area contributed by atoms with Crippen molar-refractivity contribution < 1.29 is 9.53 Å². The van der Waals surface area contributed by atoms with Gasteiger partial charge in [0, 0.05) is 27.2 Å². The van der Waals surface area contributed by atoms with E-state index in [0.717, 1.165) is 0 Å². The lowest BCUT2D eigenvalue weighted by atomic mass is 10.4. The molecule has 0 heterocycles. The zero-order chi connectivity index (χ0) is 9.56. The van der Waals surface area contributed by atoms with E-state index in [1.807, 2.05) is 13.8 Å². The topological polar surface area (TPSA) is 41.6 Å². The van der Waals surface area contributed by atoms with Crippen molar-refractivity contribution in [2.24, 2.45) is 0 Å². The fourth-order valence-corrected chi connectivity index (χ4v) is 0.733. The Morgan fingerprint density at radius 1 is 1.58 bits per heavy atom. The van der Waals surface area contributed by atoms with Crippen molar-refractivity contribution in [2.75, 3.05) is 27.2 Å². The molecule has 1 N–H and O–H groups in total. The highest BCUT2D eigenvalue weighted by molar-refractivity contribution is 5.73. The van der Waals surface area contributed by atoms with E-state index in [-0.39, 0.29) is 12.1 Å². The lowest BCUT2D eigenvalue weighted by Gasteiger charge is -2.15. The largest absolute Gasteiger partial charge is 0.377 e. The Labute approximate surface area is 73.9 Å². The van der Waals surface area contributed by atoms with Gasteiger partial charge in [-0.1, -0.05) is 0 Å². The minimum atomic E-state index is -0.0819. The molecule has 4 nitrogen and oxygen atoms in total. The van der Waals surface area contributed by atoms with Crippen LogP contribution in [0.2, 0.25) is 0 Å². The van der Waals surface area contributed by atoms with Gasteiger partial charge in [0.15, 0.2) is 0 Å². The van der Waals surface area contributed by atoms with Crippen LogP contribution in [-0.2, 0) is 4.74 Å². The number of hydrogen-bond donors (Lipinski definition) is 1. The average molecular weight is 174 g/mol. The highest BCUT2D eigenvalue weighted by Gasteiger charge is 2.05. The van der Waals surface area contributed by atoms with E-state index in [0.29, 0.717) is 13.2 Å². The molecular formula is C8H18N2O2. The van der Waals surface area contributed by atoms with Gasteiger partial charge in [0.1, 0.15) is 0 Å². The van der Waals surface area contributed by atoms with Crippen molar-refractivity contribution in [3.05, 3.63) is 0 Å². The van der Waals surface area contributed by atoms with Crippen LogP contribution in [0.25, 0.3) is 0 Å². The molecule has 0 fully saturated rings. The van der Waals surface area contributed by atoms with Crippen molar-refractivity contribution in [2.45, 2.75) is 20.0 Å². The van der Waals surface area contributed by atoms with Crippen molar-refractivity contribution in [3.63, 3.8) is 0 Å². The minimum absolute atomic E-state index is 0.0819. The molecule has 0 aliphatic carbocycles. The normalized spacial score (nSPS) is 12.3. The maximum atomic E-state index is 11.0. The molecule has 0 aromatic carbocycles. The summed E-state index contributed by atoms with van der Waals surface area (Å²) >= 11 is 0. The number of carbonyl (C=O) groups is 1. The van der Waals surface area contributed by atoms with Crippen molar-refractivity contribution in [1.29, 1.82) is 0 Å². The van der Waals surface area contributed by atoms with E-state index in [2.05, 4.69) is 5.32 Å². The molecule has 0 saturated heterocycles. The minimum Gasteiger partial charge on any atom is -0.377 e. The van der Waals surface area contributed by atoms with Gasteiger partial charge in [0.25, 0.3) is 0 Å². The lowest BCUT2D eigenvalue weighted by Crippen LogP contribution is -2.38. The first-order valence-corrected chi connectivity index (χ1v) is 4.14. The second-order valence-electron chi connectivity index (χ2n) is 2.85. The zero-order valence-electron chi connectivity index (χ0n) is 8.26. The fraction of sp³-hybridized carbons (Fsp3) is 0.875. The van der Waals surface area contributed by atoms with Crippen LogP contribution in [-0.4, -0.2) is 44.3 Å². The van der Waals surface area contributed by atoms with Crippen molar-refractivity contribution in [3.8, 4) is 0 Å². The van der Waals surface area contributed by atoms with Crippen molar-refractivity contribution in [1.82, 2.24) is 10.2 Å². The first-order chi connectivity index (χ1) is 5.57. The number of amides is 2. The Morgan fingerprint density at radius 3 is 2.58 bits per heavy atom. The van der Waals surface area contributed by atoms with E-state index in [9.17, 15) is 4.79 Å². The number of urea groups is 1. The van der Waals surface area contributed by atoms with Gasteiger partial charge < -0.3 is 15.0 Å². The number of carbonyl (C=O) groups excluding carboxylic acids is 1. The highest BCUT2D eigenvalue weighted by Crippen LogP contribution is 1.87. The second-order valence-corrected chi connectivity index (χ2v) is 2.85.